The number of halogens is 2. The summed E-state index contributed by atoms with van der Waals surface area (Å²) in [7, 11) is 0. The predicted octanol–water partition coefficient (Wildman–Crippen LogP) is 2.30. The molecule has 0 amide bonds. The molecular formula is C11H21F2NO. The van der Waals surface area contributed by atoms with E-state index in [1.807, 2.05) is 13.8 Å². The van der Waals surface area contributed by atoms with E-state index >= 15 is 0 Å². The Morgan fingerprint density at radius 1 is 1.20 bits per heavy atom. The summed E-state index contributed by atoms with van der Waals surface area (Å²) < 4.78 is 26.0. The molecule has 1 atom stereocenters. The molecule has 90 valence electrons. The van der Waals surface area contributed by atoms with Gasteiger partial charge in [0.2, 0.25) is 5.92 Å². The van der Waals surface area contributed by atoms with Gasteiger partial charge in [-0.1, -0.05) is 13.8 Å². The maximum absolute atomic E-state index is 13.0. The summed E-state index contributed by atoms with van der Waals surface area (Å²) in [5.74, 6) is -2.56. The maximum Gasteiger partial charge on any atom is 0.248 e. The zero-order chi connectivity index (χ0) is 11.9. The van der Waals surface area contributed by atoms with Crippen LogP contribution >= 0.6 is 0 Å². The number of hydrogen-bond acceptors (Lipinski definition) is 2. The smallest absolute Gasteiger partial charge is 0.248 e. The van der Waals surface area contributed by atoms with E-state index in [0.717, 1.165) is 0 Å². The summed E-state index contributed by atoms with van der Waals surface area (Å²) in [6, 6.07) is 0. The van der Waals surface area contributed by atoms with Crippen molar-refractivity contribution >= 4 is 0 Å². The standard InChI is InChI=1S/C11H21F2NO/c1-8(2)9(3,14)10(15)4-6-11(12,13)7-5-10/h8,15H,4-7,14H2,1-3H3. The molecule has 3 N–H and O–H groups in total. The minimum atomic E-state index is -2.63. The molecule has 0 aromatic carbocycles. The lowest BCUT2D eigenvalue weighted by atomic mass is 9.66. The van der Waals surface area contributed by atoms with Gasteiger partial charge in [-0.15, -0.1) is 0 Å². The first-order valence-electron chi connectivity index (χ1n) is 5.50. The molecule has 4 heteroatoms. The van der Waals surface area contributed by atoms with Crippen LogP contribution in [0.1, 0.15) is 46.5 Å². The van der Waals surface area contributed by atoms with Gasteiger partial charge in [-0.25, -0.2) is 8.78 Å². The van der Waals surface area contributed by atoms with E-state index in [-0.39, 0.29) is 31.6 Å². The van der Waals surface area contributed by atoms with Gasteiger partial charge in [0, 0.05) is 18.4 Å². The number of alkyl halides is 2. The number of hydrogen-bond donors (Lipinski definition) is 2. The molecule has 0 saturated heterocycles. The van der Waals surface area contributed by atoms with Crippen LogP contribution in [0.15, 0.2) is 0 Å². The van der Waals surface area contributed by atoms with Crippen molar-refractivity contribution in [3.05, 3.63) is 0 Å². The van der Waals surface area contributed by atoms with Crippen molar-refractivity contribution in [2.45, 2.75) is 63.5 Å². The van der Waals surface area contributed by atoms with Gasteiger partial charge in [0.1, 0.15) is 0 Å². The first-order valence-corrected chi connectivity index (χ1v) is 5.50. The van der Waals surface area contributed by atoms with Crippen molar-refractivity contribution < 1.29 is 13.9 Å². The Bertz CT molecular complexity index is 229. The lowest BCUT2D eigenvalue weighted by Gasteiger charge is -2.48. The Hall–Kier alpha value is -0.220. The van der Waals surface area contributed by atoms with Crippen LogP contribution in [0.2, 0.25) is 0 Å². The van der Waals surface area contributed by atoms with E-state index in [1.54, 1.807) is 6.92 Å². The Balaban J connectivity index is 2.78. The van der Waals surface area contributed by atoms with Crippen molar-refractivity contribution in [2.24, 2.45) is 11.7 Å². The third-order valence-electron chi connectivity index (χ3n) is 4.01. The van der Waals surface area contributed by atoms with Crippen LogP contribution < -0.4 is 5.73 Å². The van der Waals surface area contributed by atoms with Crippen LogP contribution in [-0.2, 0) is 0 Å². The van der Waals surface area contributed by atoms with Gasteiger partial charge >= 0.3 is 0 Å². The van der Waals surface area contributed by atoms with Gasteiger partial charge in [0.05, 0.1) is 5.60 Å². The van der Waals surface area contributed by atoms with E-state index in [4.69, 9.17) is 5.73 Å². The van der Waals surface area contributed by atoms with E-state index in [0.29, 0.717) is 0 Å². The average Bonchev–Trinajstić information content (AvgIpc) is 2.10. The van der Waals surface area contributed by atoms with Gasteiger partial charge in [-0.2, -0.15) is 0 Å². The monoisotopic (exact) mass is 221 g/mol. The minimum absolute atomic E-state index is 0.0641. The van der Waals surface area contributed by atoms with Crippen LogP contribution in [0.25, 0.3) is 0 Å². The Morgan fingerprint density at radius 2 is 1.60 bits per heavy atom. The van der Waals surface area contributed by atoms with Gasteiger partial charge in [0.25, 0.3) is 0 Å². The van der Waals surface area contributed by atoms with Gasteiger partial charge in [-0.3, -0.25) is 0 Å². The molecule has 0 aromatic heterocycles. The molecule has 0 bridgehead atoms. The second kappa shape index (κ2) is 3.67. The van der Waals surface area contributed by atoms with Crippen molar-refractivity contribution in [2.75, 3.05) is 0 Å². The number of aliphatic hydroxyl groups is 1. The lowest BCUT2D eigenvalue weighted by molar-refractivity contribution is -0.138. The fraction of sp³-hybridized carbons (Fsp3) is 1.00. The van der Waals surface area contributed by atoms with Crippen LogP contribution in [-0.4, -0.2) is 22.2 Å². The summed E-state index contributed by atoms with van der Waals surface area (Å²) in [4.78, 5) is 0. The van der Waals surface area contributed by atoms with Crippen LogP contribution in [0.4, 0.5) is 8.78 Å². The van der Waals surface area contributed by atoms with Crippen LogP contribution in [0, 0.1) is 5.92 Å². The topological polar surface area (TPSA) is 46.2 Å². The second-order valence-corrected chi connectivity index (χ2v) is 5.32. The second-order valence-electron chi connectivity index (χ2n) is 5.32. The molecule has 0 radical (unpaired) electrons. The van der Waals surface area contributed by atoms with Gasteiger partial charge in [0.15, 0.2) is 0 Å². The van der Waals surface area contributed by atoms with Crippen molar-refractivity contribution in [3.8, 4) is 0 Å². The summed E-state index contributed by atoms with van der Waals surface area (Å²) in [5.41, 5.74) is 4.11. The average molecular weight is 221 g/mol. The summed E-state index contributed by atoms with van der Waals surface area (Å²) >= 11 is 0. The van der Waals surface area contributed by atoms with E-state index in [2.05, 4.69) is 0 Å². The minimum Gasteiger partial charge on any atom is -0.388 e. The number of rotatable bonds is 2. The predicted molar refractivity (Wildman–Crippen MR) is 55.8 cm³/mol. The Morgan fingerprint density at radius 3 is 1.93 bits per heavy atom. The van der Waals surface area contributed by atoms with Gasteiger partial charge in [-0.05, 0) is 25.7 Å². The van der Waals surface area contributed by atoms with E-state index in [1.165, 1.54) is 0 Å². The summed E-state index contributed by atoms with van der Waals surface area (Å²) in [6.45, 7) is 5.57. The van der Waals surface area contributed by atoms with E-state index < -0.39 is 17.1 Å². The summed E-state index contributed by atoms with van der Waals surface area (Å²) in [5, 5.41) is 10.3. The highest BCUT2D eigenvalue weighted by Gasteiger charge is 2.51. The fourth-order valence-corrected chi connectivity index (χ4v) is 2.11. The molecule has 0 spiro atoms. The van der Waals surface area contributed by atoms with Gasteiger partial charge < -0.3 is 10.8 Å². The fourth-order valence-electron chi connectivity index (χ4n) is 2.11. The first-order chi connectivity index (χ1) is 6.61. The lowest BCUT2D eigenvalue weighted by Crippen LogP contribution is -2.63. The SMILES string of the molecule is CC(C)C(C)(N)C1(O)CCC(F)(F)CC1. The largest absolute Gasteiger partial charge is 0.388 e. The molecule has 2 nitrogen and oxygen atoms in total. The van der Waals surface area contributed by atoms with Crippen molar-refractivity contribution in [1.29, 1.82) is 0 Å². The third kappa shape index (κ3) is 2.31. The first kappa shape index (κ1) is 12.8. The highest BCUT2D eigenvalue weighted by Crippen LogP contribution is 2.44. The zero-order valence-corrected chi connectivity index (χ0v) is 9.69. The third-order valence-corrected chi connectivity index (χ3v) is 4.01. The van der Waals surface area contributed by atoms with Crippen molar-refractivity contribution in [3.63, 3.8) is 0 Å². The molecule has 1 aliphatic carbocycles. The highest BCUT2D eigenvalue weighted by atomic mass is 19.3. The Labute approximate surface area is 89.8 Å². The summed E-state index contributed by atoms with van der Waals surface area (Å²) in [6.07, 6.45) is -0.345. The zero-order valence-electron chi connectivity index (χ0n) is 9.69. The Kier molecular flexibility index (Phi) is 3.14. The van der Waals surface area contributed by atoms with Crippen LogP contribution in [0.3, 0.4) is 0 Å². The molecule has 0 aromatic rings. The van der Waals surface area contributed by atoms with E-state index in [9.17, 15) is 13.9 Å². The van der Waals surface area contributed by atoms with Crippen LogP contribution in [0.5, 0.6) is 0 Å². The molecule has 1 unspecified atom stereocenters. The molecule has 0 heterocycles. The maximum atomic E-state index is 13.0. The number of nitrogens with two attached hydrogens (primary N) is 1. The quantitative estimate of drug-likeness (QED) is 0.751. The van der Waals surface area contributed by atoms with Crippen molar-refractivity contribution in [1.82, 2.24) is 0 Å². The molecule has 15 heavy (non-hydrogen) atoms. The normalized spacial score (nSPS) is 28.8. The molecule has 1 saturated carbocycles. The highest BCUT2D eigenvalue weighted by molar-refractivity contribution is 5.05. The molecule has 1 aliphatic rings. The molecule has 0 aliphatic heterocycles. The molecule has 1 fully saturated rings. The molecule has 1 rings (SSSR count). The molecular weight excluding hydrogens is 200 g/mol.